The Bertz CT molecular complexity index is 658. The Kier molecular flexibility index (Phi) is 5.89. The number of carbonyl (C=O) groups excluding carboxylic acids is 1. The predicted molar refractivity (Wildman–Crippen MR) is 91.7 cm³/mol. The predicted octanol–water partition coefficient (Wildman–Crippen LogP) is 3.83. The first-order valence-electron chi connectivity index (χ1n) is 6.87. The summed E-state index contributed by atoms with van der Waals surface area (Å²) >= 11 is 7.41. The number of aliphatic hydroxyl groups excluding tert-OH is 1. The van der Waals surface area contributed by atoms with Gasteiger partial charge < -0.3 is 10.4 Å². The molecule has 0 aliphatic carbocycles. The molecule has 2 N–H and O–H groups in total. The first-order valence-corrected chi connectivity index (χ1v) is 8.48. The lowest BCUT2D eigenvalue weighted by Crippen LogP contribution is -2.28. The molecule has 0 saturated carbocycles. The van der Waals surface area contributed by atoms with E-state index in [9.17, 15) is 9.90 Å². The second-order valence-electron chi connectivity index (χ2n) is 4.96. The summed E-state index contributed by atoms with van der Waals surface area (Å²) in [6.45, 7) is 2.05. The van der Waals surface area contributed by atoms with Crippen LogP contribution < -0.4 is 5.32 Å². The van der Waals surface area contributed by atoms with E-state index in [0.717, 1.165) is 16.0 Å². The lowest BCUT2D eigenvalue weighted by atomic mass is 10.1. The van der Waals surface area contributed by atoms with Crippen LogP contribution in [0.2, 0.25) is 5.02 Å². The van der Waals surface area contributed by atoms with E-state index in [1.807, 2.05) is 31.4 Å². The average molecular weight is 336 g/mol. The highest BCUT2D eigenvalue weighted by Gasteiger charge is 2.13. The highest BCUT2D eigenvalue weighted by atomic mass is 35.5. The lowest BCUT2D eigenvalue weighted by molar-refractivity contribution is 0.0915. The number of halogens is 1. The Morgan fingerprint density at radius 2 is 1.95 bits per heavy atom. The van der Waals surface area contributed by atoms with Crippen LogP contribution in [0.4, 0.5) is 0 Å². The molecule has 116 valence electrons. The van der Waals surface area contributed by atoms with Gasteiger partial charge in [-0.15, -0.1) is 11.8 Å². The molecule has 2 aromatic carbocycles. The molecule has 0 fully saturated rings. The van der Waals surface area contributed by atoms with E-state index in [1.54, 1.807) is 36.0 Å². The van der Waals surface area contributed by atoms with Crippen molar-refractivity contribution < 1.29 is 9.90 Å². The van der Waals surface area contributed by atoms with Gasteiger partial charge in [-0.05, 0) is 48.6 Å². The number of hydrogen-bond donors (Lipinski definition) is 2. The minimum absolute atomic E-state index is 0.156. The normalized spacial score (nSPS) is 12.0. The fourth-order valence-electron chi connectivity index (χ4n) is 2.06. The molecule has 0 heterocycles. The number of carbonyl (C=O) groups is 1. The van der Waals surface area contributed by atoms with E-state index in [1.165, 1.54) is 0 Å². The maximum Gasteiger partial charge on any atom is 0.251 e. The van der Waals surface area contributed by atoms with Crippen molar-refractivity contribution in [3.05, 3.63) is 64.2 Å². The maximum absolute atomic E-state index is 12.3. The van der Waals surface area contributed by atoms with E-state index in [4.69, 9.17) is 11.6 Å². The molecule has 5 heteroatoms. The number of aliphatic hydroxyl groups is 1. The molecular formula is C17H18ClNO2S. The second kappa shape index (κ2) is 7.68. The molecule has 0 aliphatic heterocycles. The van der Waals surface area contributed by atoms with Gasteiger partial charge in [0.15, 0.2) is 0 Å². The SMILES string of the molecule is CSc1ccc(C)c(C(=O)NCC(O)c2ccc(Cl)cc2)c1. The van der Waals surface area contributed by atoms with E-state index < -0.39 is 6.10 Å². The summed E-state index contributed by atoms with van der Waals surface area (Å²) in [5.74, 6) is -0.179. The first-order chi connectivity index (χ1) is 10.5. The monoisotopic (exact) mass is 335 g/mol. The smallest absolute Gasteiger partial charge is 0.251 e. The topological polar surface area (TPSA) is 49.3 Å². The third-order valence-corrected chi connectivity index (χ3v) is 4.38. The van der Waals surface area contributed by atoms with Gasteiger partial charge in [-0.25, -0.2) is 0 Å². The van der Waals surface area contributed by atoms with Crippen molar-refractivity contribution in [1.29, 1.82) is 0 Å². The van der Waals surface area contributed by atoms with Crippen molar-refractivity contribution in [2.75, 3.05) is 12.8 Å². The van der Waals surface area contributed by atoms with Crippen LogP contribution in [-0.4, -0.2) is 23.8 Å². The third-order valence-electron chi connectivity index (χ3n) is 3.40. The fraction of sp³-hybridized carbons (Fsp3) is 0.235. The number of thioether (sulfide) groups is 1. The van der Waals surface area contributed by atoms with Gasteiger partial charge in [0.2, 0.25) is 0 Å². The number of benzene rings is 2. The minimum Gasteiger partial charge on any atom is -0.387 e. The summed E-state index contributed by atoms with van der Waals surface area (Å²) in [5, 5.41) is 13.5. The van der Waals surface area contributed by atoms with Crippen molar-refractivity contribution in [3.63, 3.8) is 0 Å². The molecule has 2 aromatic rings. The zero-order valence-electron chi connectivity index (χ0n) is 12.5. The van der Waals surface area contributed by atoms with Crippen LogP contribution in [0.25, 0.3) is 0 Å². The first kappa shape index (κ1) is 16.9. The van der Waals surface area contributed by atoms with E-state index in [-0.39, 0.29) is 12.5 Å². The summed E-state index contributed by atoms with van der Waals surface area (Å²) in [6, 6.07) is 12.7. The molecule has 1 unspecified atom stereocenters. The minimum atomic E-state index is -0.759. The van der Waals surface area contributed by atoms with E-state index in [2.05, 4.69) is 5.32 Å². The van der Waals surface area contributed by atoms with Crippen LogP contribution >= 0.6 is 23.4 Å². The van der Waals surface area contributed by atoms with Gasteiger partial charge in [0, 0.05) is 22.0 Å². The number of hydrogen-bond acceptors (Lipinski definition) is 3. The quantitative estimate of drug-likeness (QED) is 0.816. The number of nitrogens with one attached hydrogen (secondary N) is 1. The van der Waals surface area contributed by atoms with Crippen molar-refractivity contribution in [2.24, 2.45) is 0 Å². The van der Waals surface area contributed by atoms with Gasteiger partial charge in [0.1, 0.15) is 0 Å². The molecule has 0 aromatic heterocycles. The molecule has 2 rings (SSSR count). The molecule has 1 amide bonds. The van der Waals surface area contributed by atoms with Crippen LogP contribution in [0, 0.1) is 6.92 Å². The molecule has 0 saturated heterocycles. The Balaban J connectivity index is 2.02. The van der Waals surface area contributed by atoms with Crippen molar-refractivity contribution in [1.82, 2.24) is 5.32 Å². The van der Waals surface area contributed by atoms with Gasteiger partial charge in [-0.1, -0.05) is 29.8 Å². The van der Waals surface area contributed by atoms with Gasteiger partial charge in [-0.2, -0.15) is 0 Å². The Morgan fingerprint density at radius 3 is 2.59 bits per heavy atom. The zero-order chi connectivity index (χ0) is 16.1. The lowest BCUT2D eigenvalue weighted by Gasteiger charge is -2.13. The van der Waals surface area contributed by atoms with Crippen LogP contribution in [0.5, 0.6) is 0 Å². The highest BCUT2D eigenvalue weighted by Crippen LogP contribution is 2.20. The molecule has 22 heavy (non-hydrogen) atoms. The average Bonchev–Trinajstić information content (AvgIpc) is 2.53. The summed E-state index contributed by atoms with van der Waals surface area (Å²) in [4.78, 5) is 13.3. The largest absolute Gasteiger partial charge is 0.387 e. The molecule has 0 radical (unpaired) electrons. The summed E-state index contributed by atoms with van der Waals surface area (Å²) < 4.78 is 0. The summed E-state index contributed by atoms with van der Waals surface area (Å²) in [7, 11) is 0. The van der Waals surface area contributed by atoms with E-state index in [0.29, 0.717) is 10.6 Å². The molecule has 1 atom stereocenters. The Morgan fingerprint density at radius 1 is 1.27 bits per heavy atom. The molecular weight excluding hydrogens is 318 g/mol. The summed E-state index contributed by atoms with van der Waals surface area (Å²) in [6.07, 6.45) is 1.21. The fourth-order valence-corrected chi connectivity index (χ4v) is 2.63. The van der Waals surface area contributed by atoms with Crippen LogP contribution in [0.15, 0.2) is 47.4 Å². The third kappa shape index (κ3) is 4.26. The van der Waals surface area contributed by atoms with Gasteiger partial charge in [-0.3, -0.25) is 4.79 Å². The second-order valence-corrected chi connectivity index (χ2v) is 6.27. The molecule has 0 aliphatic rings. The van der Waals surface area contributed by atoms with Gasteiger partial charge in [0.25, 0.3) is 5.91 Å². The van der Waals surface area contributed by atoms with Crippen LogP contribution in [0.3, 0.4) is 0 Å². The highest BCUT2D eigenvalue weighted by molar-refractivity contribution is 7.98. The number of rotatable bonds is 5. The standard InChI is InChI=1S/C17H18ClNO2S/c1-11-3-8-14(22-2)9-15(11)17(21)19-10-16(20)12-4-6-13(18)7-5-12/h3-9,16,20H,10H2,1-2H3,(H,19,21). The van der Waals surface area contributed by atoms with Gasteiger partial charge >= 0.3 is 0 Å². The summed E-state index contributed by atoms with van der Waals surface area (Å²) in [5.41, 5.74) is 2.27. The number of amides is 1. The Labute approximate surface area is 139 Å². The molecule has 3 nitrogen and oxygen atoms in total. The van der Waals surface area contributed by atoms with Crippen molar-refractivity contribution in [2.45, 2.75) is 17.9 Å². The maximum atomic E-state index is 12.3. The van der Waals surface area contributed by atoms with Crippen LogP contribution in [-0.2, 0) is 0 Å². The number of aryl methyl sites for hydroxylation is 1. The van der Waals surface area contributed by atoms with E-state index >= 15 is 0 Å². The molecule has 0 spiro atoms. The van der Waals surface area contributed by atoms with Crippen LogP contribution in [0.1, 0.15) is 27.6 Å². The van der Waals surface area contributed by atoms with Crippen molar-refractivity contribution >= 4 is 29.3 Å². The van der Waals surface area contributed by atoms with Gasteiger partial charge in [0.05, 0.1) is 6.10 Å². The zero-order valence-corrected chi connectivity index (χ0v) is 14.0. The molecule has 0 bridgehead atoms. The van der Waals surface area contributed by atoms with Crippen molar-refractivity contribution in [3.8, 4) is 0 Å². The Hall–Kier alpha value is -1.49.